The van der Waals surface area contributed by atoms with Gasteiger partial charge in [-0.1, -0.05) is 24.7 Å². The third kappa shape index (κ3) is 5.48. The highest BCUT2D eigenvalue weighted by Crippen LogP contribution is 2.42. The summed E-state index contributed by atoms with van der Waals surface area (Å²) in [6.45, 7) is 3.12. The molecule has 3 rings (SSSR count). The van der Waals surface area contributed by atoms with E-state index in [1.807, 2.05) is 11.8 Å². The van der Waals surface area contributed by atoms with Crippen molar-refractivity contribution in [2.24, 2.45) is 5.92 Å². The molecule has 1 aromatic heterocycles. The third-order valence-corrected chi connectivity index (χ3v) is 6.34. The molecule has 0 radical (unpaired) electrons. The number of methoxy groups -OCH3 is 3. The number of nitrogens with one attached hydrogen (secondary N) is 1. The van der Waals surface area contributed by atoms with E-state index < -0.39 is 0 Å². The Labute approximate surface area is 192 Å². The highest BCUT2D eigenvalue weighted by Gasteiger charge is 2.29. The molecule has 10 heteroatoms. The highest BCUT2D eigenvalue weighted by molar-refractivity contribution is 7.18. The second-order valence-corrected chi connectivity index (χ2v) is 8.56. The minimum atomic E-state index is -0.194. The Hall–Kier alpha value is -2.88. The number of carbonyl (C=O) groups is 2. The van der Waals surface area contributed by atoms with Crippen molar-refractivity contribution < 1.29 is 23.8 Å². The van der Waals surface area contributed by atoms with Gasteiger partial charge in [0.05, 0.1) is 21.3 Å². The number of anilines is 1. The van der Waals surface area contributed by atoms with E-state index in [0.717, 1.165) is 31.2 Å². The predicted molar refractivity (Wildman–Crippen MR) is 122 cm³/mol. The zero-order valence-electron chi connectivity index (χ0n) is 19.0. The lowest BCUT2D eigenvalue weighted by atomic mass is 9.84. The summed E-state index contributed by atoms with van der Waals surface area (Å²) in [5, 5.41) is 12.0. The van der Waals surface area contributed by atoms with Gasteiger partial charge < -0.3 is 24.4 Å². The average Bonchev–Trinajstić information content (AvgIpc) is 3.22. The first-order valence-electron chi connectivity index (χ1n) is 10.7. The van der Waals surface area contributed by atoms with Gasteiger partial charge in [0.15, 0.2) is 11.5 Å². The van der Waals surface area contributed by atoms with Crippen molar-refractivity contribution in [3.05, 3.63) is 12.1 Å². The highest BCUT2D eigenvalue weighted by atomic mass is 32.1. The maximum atomic E-state index is 12.5. The van der Waals surface area contributed by atoms with E-state index in [-0.39, 0.29) is 24.2 Å². The lowest BCUT2D eigenvalue weighted by Crippen LogP contribution is -2.40. The molecule has 32 heavy (non-hydrogen) atoms. The normalized spacial score (nSPS) is 13.2. The molecule has 174 valence electrons. The first-order chi connectivity index (χ1) is 15.5. The van der Waals surface area contributed by atoms with Gasteiger partial charge >= 0.3 is 0 Å². The Bertz CT molecular complexity index is 919. The van der Waals surface area contributed by atoms with Crippen molar-refractivity contribution in [2.45, 2.75) is 39.0 Å². The minimum Gasteiger partial charge on any atom is -0.493 e. The van der Waals surface area contributed by atoms with Crippen molar-refractivity contribution in [1.82, 2.24) is 15.1 Å². The summed E-state index contributed by atoms with van der Waals surface area (Å²) in [6.07, 6.45) is 4.12. The van der Waals surface area contributed by atoms with Crippen LogP contribution in [0.3, 0.4) is 0 Å². The Morgan fingerprint density at radius 1 is 1.09 bits per heavy atom. The van der Waals surface area contributed by atoms with Crippen LogP contribution in [0, 0.1) is 5.92 Å². The van der Waals surface area contributed by atoms with E-state index in [9.17, 15) is 9.59 Å². The van der Waals surface area contributed by atoms with Crippen LogP contribution in [0.2, 0.25) is 0 Å². The smallest absolute Gasteiger partial charge is 0.227 e. The lowest BCUT2D eigenvalue weighted by Gasteiger charge is -2.31. The largest absolute Gasteiger partial charge is 0.493 e. The Kier molecular flexibility index (Phi) is 8.26. The molecule has 1 fully saturated rings. The van der Waals surface area contributed by atoms with Crippen LogP contribution in [-0.4, -0.2) is 61.3 Å². The van der Waals surface area contributed by atoms with Gasteiger partial charge in [-0.2, -0.15) is 0 Å². The molecule has 1 N–H and O–H groups in total. The zero-order valence-corrected chi connectivity index (χ0v) is 19.8. The van der Waals surface area contributed by atoms with Crippen molar-refractivity contribution in [3.8, 4) is 27.8 Å². The van der Waals surface area contributed by atoms with Gasteiger partial charge in [0.1, 0.15) is 5.01 Å². The second kappa shape index (κ2) is 11.1. The summed E-state index contributed by atoms with van der Waals surface area (Å²) in [5.41, 5.74) is 0.734. The van der Waals surface area contributed by atoms with Gasteiger partial charge in [-0.3, -0.25) is 9.59 Å². The van der Waals surface area contributed by atoms with E-state index in [4.69, 9.17) is 14.2 Å². The van der Waals surface area contributed by atoms with Crippen LogP contribution >= 0.6 is 11.3 Å². The molecule has 1 saturated carbocycles. The van der Waals surface area contributed by atoms with Crippen LogP contribution in [0.1, 0.15) is 39.0 Å². The molecule has 0 spiro atoms. The molecule has 0 aliphatic heterocycles. The maximum absolute atomic E-state index is 12.5. The maximum Gasteiger partial charge on any atom is 0.227 e. The summed E-state index contributed by atoms with van der Waals surface area (Å²) in [6, 6.07) is 3.56. The topological polar surface area (TPSA) is 103 Å². The van der Waals surface area contributed by atoms with E-state index in [1.54, 1.807) is 33.5 Å². The number of hydrogen-bond acceptors (Lipinski definition) is 8. The standard InChI is InChI=1S/C22H30N4O5S/c1-5-10-26(21(28)14-7-6-8-14)11-9-18(27)23-22-25-24-20(32-22)15-12-16(29-2)19(31-4)17(13-15)30-3/h12-14H,5-11H2,1-4H3,(H,23,25,27). The predicted octanol–water partition coefficient (Wildman–Crippen LogP) is 3.60. The number of nitrogens with zero attached hydrogens (tertiary/aromatic N) is 3. The van der Waals surface area contributed by atoms with Crippen molar-refractivity contribution in [3.63, 3.8) is 0 Å². The fourth-order valence-corrected chi connectivity index (χ4v) is 4.28. The quantitative estimate of drug-likeness (QED) is 0.544. The van der Waals surface area contributed by atoms with Crippen molar-refractivity contribution >= 4 is 28.3 Å². The molecule has 1 aromatic carbocycles. The average molecular weight is 463 g/mol. The molecule has 9 nitrogen and oxygen atoms in total. The molecule has 0 atom stereocenters. The van der Waals surface area contributed by atoms with Crippen molar-refractivity contribution in [2.75, 3.05) is 39.7 Å². The summed E-state index contributed by atoms with van der Waals surface area (Å²) >= 11 is 1.25. The number of amides is 2. The van der Waals surface area contributed by atoms with Crippen LogP contribution < -0.4 is 19.5 Å². The van der Waals surface area contributed by atoms with Gasteiger partial charge in [-0.05, 0) is 31.4 Å². The Morgan fingerprint density at radius 2 is 1.78 bits per heavy atom. The van der Waals surface area contributed by atoms with Crippen molar-refractivity contribution in [1.29, 1.82) is 0 Å². The van der Waals surface area contributed by atoms with E-state index in [1.165, 1.54) is 11.3 Å². The minimum absolute atomic E-state index is 0.133. The fraction of sp³-hybridized carbons (Fsp3) is 0.545. The number of rotatable bonds is 11. The second-order valence-electron chi connectivity index (χ2n) is 7.58. The third-order valence-electron chi connectivity index (χ3n) is 5.45. The zero-order chi connectivity index (χ0) is 23.1. The van der Waals surface area contributed by atoms with Crippen LogP contribution in [0.25, 0.3) is 10.6 Å². The number of ether oxygens (including phenoxy) is 3. The molecule has 1 aliphatic rings. The van der Waals surface area contributed by atoms with Crippen LogP contribution in [0.5, 0.6) is 17.2 Å². The molecule has 1 heterocycles. The van der Waals surface area contributed by atoms with E-state index in [0.29, 0.717) is 40.5 Å². The van der Waals surface area contributed by atoms with E-state index >= 15 is 0 Å². The van der Waals surface area contributed by atoms with Gasteiger partial charge in [0.2, 0.25) is 22.7 Å². The Morgan fingerprint density at radius 3 is 2.31 bits per heavy atom. The number of aromatic nitrogens is 2. The number of carbonyl (C=O) groups excluding carboxylic acids is 2. The van der Waals surface area contributed by atoms with Gasteiger partial charge in [0, 0.05) is 31.0 Å². The van der Waals surface area contributed by atoms with E-state index in [2.05, 4.69) is 15.5 Å². The molecule has 2 amide bonds. The van der Waals surface area contributed by atoms with Gasteiger partial charge in [-0.25, -0.2) is 0 Å². The summed E-state index contributed by atoms with van der Waals surface area (Å²) < 4.78 is 16.1. The summed E-state index contributed by atoms with van der Waals surface area (Å²) in [5.74, 6) is 1.62. The summed E-state index contributed by atoms with van der Waals surface area (Å²) in [4.78, 5) is 26.8. The molecule has 0 unspecified atom stereocenters. The fourth-order valence-electron chi connectivity index (χ4n) is 3.53. The number of hydrogen-bond donors (Lipinski definition) is 1. The first-order valence-corrected chi connectivity index (χ1v) is 11.5. The molecular formula is C22H30N4O5S. The van der Waals surface area contributed by atoms with Gasteiger partial charge in [-0.15, -0.1) is 10.2 Å². The number of benzene rings is 1. The summed E-state index contributed by atoms with van der Waals surface area (Å²) in [7, 11) is 4.63. The van der Waals surface area contributed by atoms with Crippen LogP contribution in [-0.2, 0) is 9.59 Å². The van der Waals surface area contributed by atoms with Crippen LogP contribution in [0.15, 0.2) is 12.1 Å². The molecule has 0 saturated heterocycles. The van der Waals surface area contributed by atoms with Crippen LogP contribution in [0.4, 0.5) is 5.13 Å². The Balaban J connectivity index is 1.63. The molecule has 1 aliphatic carbocycles. The monoisotopic (exact) mass is 462 g/mol. The first kappa shape index (κ1) is 23.8. The lowest BCUT2D eigenvalue weighted by molar-refractivity contribution is -0.138. The molecule has 0 bridgehead atoms. The van der Waals surface area contributed by atoms with Gasteiger partial charge in [0.25, 0.3) is 0 Å². The molecular weight excluding hydrogens is 432 g/mol. The molecule has 2 aromatic rings. The SMILES string of the molecule is CCCN(CCC(=O)Nc1nnc(-c2cc(OC)c(OC)c(OC)c2)s1)C(=O)C1CCC1.